The van der Waals surface area contributed by atoms with Crippen LogP contribution >= 0.6 is 23.8 Å². The number of nitrogens with one attached hydrogen (secondary N) is 2. The van der Waals surface area contributed by atoms with Gasteiger partial charge in [0.1, 0.15) is 0 Å². The molecule has 1 aliphatic heterocycles. The molecule has 0 bridgehead atoms. The van der Waals surface area contributed by atoms with Crippen LogP contribution in [0.15, 0.2) is 47.4 Å². The maximum atomic E-state index is 13.9. The molecule has 1 saturated heterocycles. The lowest BCUT2D eigenvalue weighted by Crippen LogP contribution is -2.31. The van der Waals surface area contributed by atoms with Gasteiger partial charge in [-0.15, -0.1) is 0 Å². The Balaban J connectivity index is 1.67. The lowest BCUT2D eigenvalue weighted by Gasteiger charge is -2.20. The lowest BCUT2D eigenvalue weighted by atomic mass is 10.2. The van der Waals surface area contributed by atoms with Crippen molar-refractivity contribution in [2.24, 2.45) is 0 Å². The summed E-state index contributed by atoms with van der Waals surface area (Å²) in [7, 11) is -3.50. The number of sulfonamides is 1. The zero-order chi connectivity index (χ0) is 20.1. The van der Waals surface area contributed by atoms with Crippen molar-refractivity contribution in [2.75, 3.05) is 23.7 Å². The number of benzene rings is 2. The largest absolute Gasteiger partial charge is 0.332 e. The topological polar surface area (TPSA) is 61.4 Å². The minimum absolute atomic E-state index is 0.00382. The van der Waals surface area contributed by atoms with Gasteiger partial charge in [0.25, 0.3) is 0 Å². The van der Waals surface area contributed by atoms with Crippen LogP contribution < -0.4 is 10.6 Å². The van der Waals surface area contributed by atoms with Gasteiger partial charge in [0, 0.05) is 18.8 Å². The van der Waals surface area contributed by atoms with Crippen molar-refractivity contribution in [3.05, 3.63) is 53.3 Å². The third kappa shape index (κ3) is 5.00. The molecular weight excluding hydrogens is 421 g/mol. The molecule has 9 heteroatoms. The van der Waals surface area contributed by atoms with Gasteiger partial charge >= 0.3 is 0 Å². The zero-order valence-electron chi connectivity index (χ0n) is 15.1. The van der Waals surface area contributed by atoms with Crippen LogP contribution in [0.25, 0.3) is 0 Å². The molecule has 0 aliphatic carbocycles. The fraction of sp³-hybridized carbons (Fsp3) is 0.316. The summed E-state index contributed by atoms with van der Waals surface area (Å²) in [6.07, 6.45) is 3.90. The molecule has 1 heterocycles. The van der Waals surface area contributed by atoms with Gasteiger partial charge in [-0.3, -0.25) is 0 Å². The molecule has 28 heavy (non-hydrogen) atoms. The van der Waals surface area contributed by atoms with E-state index in [0.717, 1.165) is 25.7 Å². The highest BCUT2D eigenvalue weighted by molar-refractivity contribution is 7.89. The SMILES string of the molecule is O=S(=O)(c1ccc(NC(=S)Nc2cccc(Cl)c2F)cc1)N1CCCCCC1. The van der Waals surface area contributed by atoms with Gasteiger partial charge in [0.15, 0.2) is 10.9 Å². The molecule has 0 spiro atoms. The Hall–Kier alpha value is -1.74. The Bertz CT molecular complexity index is 944. The maximum Gasteiger partial charge on any atom is 0.243 e. The van der Waals surface area contributed by atoms with E-state index < -0.39 is 15.8 Å². The summed E-state index contributed by atoms with van der Waals surface area (Å²) in [5.41, 5.74) is 0.750. The summed E-state index contributed by atoms with van der Waals surface area (Å²) in [6.45, 7) is 1.11. The Morgan fingerprint density at radius 3 is 2.29 bits per heavy atom. The fourth-order valence-corrected chi connectivity index (χ4v) is 4.95. The van der Waals surface area contributed by atoms with E-state index in [9.17, 15) is 12.8 Å². The van der Waals surface area contributed by atoms with Crippen LogP contribution in [0.3, 0.4) is 0 Å². The minimum Gasteiger partial charge on any atom is -0.332 e. The van der Waals surface area contributed by atoms with Gasteiger partial charge < -0.3 is 10.6 Å². The van der Waals surface area contributed by atoms with Crippen molar-refractivity contribution in [2.45, 2.75) is 30.6 Å². The summed E-state index contributed by atoms with van der Waals surface area (Å²) < 4.78 is 41.1. The molecule has 1 fully saturated rings. The standard InChI is InChI=1S/C19H21ClFN3O2S2/c20-16-6-5-7-17(18(16)21)23-19(27)22-14-8-10-15(11-9-14)28(25,26)24-12-3-1-2-4-13-24/h5-11H,1-4,12-13H2,(H2,22,23,27). The molecule has 0 saturated carbocycles. The first-order chi connectivity index (χ1) is 13.4. The predicted molar refractivity (Wildman–Crippen MR) is 115 cm³/mol. The van der Waals surface area contributed by atoms with Crippen LogP contribution in [0.5, 0.6) is 0 Å². The Labute approximate surface area is 174 Å². The monoisotopic (exact) mass is 441 g/mol. The Morgan fingerprint density at radius 2 is 1.64 bits per heavy atom. The summed E-state index contributed by atoms with van der Waals surface area (Å²) >= 11 is 10.9. The number of anilines is 2. The van der Waals surface area contributed by atoms with Gasteiger partial charge in [0.05, 0.1) is 15.6 Å². The number of thiocarbonyl (C=S) groups is 1. The Morgan fingerprint density at radius 1 is 1.00 bits per heavy atom. The van der Waals surface area contributed by atoms with Crippen LogP contribution in [0.1, 0.15) is 25.7 Å². The van der Waals surface area contributed by atoms with Crippen molar-refractivity contribution in [3.8, 4) is 0 Å². The zero-order valence-corrected chi connectivity index (χ0v) is 17.5. The van der Waals surface area contributed by atoms with Crippen LogP contribution in [0.2, 0.25) is 5.02 Å². The van der Waals surface area contributed by atoms with Gasteiger partial charge in [-0.25, -0.2) is 12.8 Å². The highest BCUT2D eigenvalue weighted by Gasteiger charge is 2.24. The quantitative estimate of drug-likeness (QED) is 0.664. The summed E-state index contributed by atoms with van der Waals surface area (Å²) in [5.74, 6) is -0.591. The first-order valence-electron chi connectivity index (χ1n) is 9.00. The molecule has 2 N–H and O–H groups in total. The predicted octanol–water partition coefficient (Wildman–Crippen LogP) is 4.85. The van der Waals surface area contributed by atoms with Gasteiger partial charge in [0.2, 0.25) is 10.0 Å². The molecule has 0 amide bonds. The molecule has 150 valence electrons. The highest BCUT2D eigenvalue weighted by atomic mass is 35.5. The molecule has 1 aliphatic rings. The van der Waals surface area contributed by atoms with Crippen LogP contribution in [-0.4, -0.2) is 30.9 Å². The molecule has 2 aromatic rings. The van der Waals surface area contributed by atoms with Gasteiger partial charge in [-0.1, -0.05) is 30.5 Å². The second-order valence-electron chi connectivity index (χ2n) is 6.52. The summed E-state index contributed by atoms with van der Waals surface area (Å²) in [5, 5.41) is 5.81. The van der Waals surface area contributed by atoms with E-state index in [1.54, 1.807) is 34.6 Å². The van der Waals surface area contributed by atoms with E-state index in [1.807, 2.05) is 0 Å². The molecule has 2 aromatic carbocycles. The molecular formula is C19H21ClFN3O2S2. The van der Waals surface area contributed by atoms with Crippen molar-refractivity contribution in [3.63, 3.8) is 0 Å². The third-order valence-electron chi connectivity index (χ3n) is 4.51. The van der Waals surface area contributed by atoms with E-state index >= 15 is 0 Å². The average Bonchev–Trinajstić information content (AvgIpc) is 2.96. The van der Waals surface area contributed by atoms with E-state index in [2.05, 4.69) is 10.6 Å². The van der Waals surface area contributed by atoms with Crippen molar-refractivity contribution in [1.29, 1.82) is 0 Å². The van der Waals surface area contributed by atoms with Gasteiger partial charge in [-0.2, -0.15) is 4.31 Å². The summed E-state index contributed by atoms with van der Waals surface area (Å²) in [6, 6.07) is 10.9. The second-order valence-corrected chi connectivity index (χ2v) is 9.28. The van der Waals surface area contributed by atoms with Crippen LogP contribution in [0.4, 0.5) is 15.8 Å². The fourth-order valence-electron chi connectivity index (χ4n) is 3.03. The molecule has 0 atom stereocenters. The van der Waals surface area contributed by atoms with Crippen molar-refractivity contribution in [1.82, 2.24) is 4.31 Å². The van der Waals surface area contributed by atoms with Crippen molar-refractivity contribution >= 4 is 50.3 Å². The average molecular weight is 442 g/mol. The Kier molecular flexibility index (Phi) is 6.87. The van der Waals surface area contributed by atoms with Gasteiger partial charge in [-0.05, 0) is 61.5 Å². The molecule has 3 rings (SSSR count). The van der Waals surface area contributed by atoms with E-state index in [-0.39, 0.29) is 20.7 Å². The van der Waals surface area contributed by atoms with Crippen molar-refractivity contribution < 1.29 is 12.8 Å². The lowest BCUT2D eigenvalue weighted by molar-refractivity contribution is 0.424. The maximum absolute atomic E-state index is 13.9. The van der Waals surface area contributed by atoms with Crippen LogP contribution in [-0.2, 0) is 10.0 Å². The normalized spacial score (nSPS) is 15.6. The number of hydrogen-bond donors (Lipinski definition) is 2. The van der Waals surface area contributed by atoms with E-state index in [0.29, 0.717) is 18.8 Å². The molecule has 0 aromatic heterocycles. The number of nitrogens with zero attached hydrogens (tertiary/aromatic N) is 1. The second kappa shape index (κ2) is 9.17. The molecule has 5 nitrogen and oxygen atoms in total. The molecule has 0 radical (unpaired) electrons. The number of hydrogen-bond acceptors (Lipinski definition) is 3. The number of halogens is 2. The summed E-state index contributed by atoms with van der Waals surface area (Å²) in [4.78, 5) is 0.250. The smallest absolute Gasteiger partial charge is 0.243 e. The highest BCUT2D eigenvalue weighted by Crippen LogP contribution is 2.23. The molecule has 0 unspecified atom stereocenters. The minimum atomic E-state index is -3.50. The van der Waals surface area contributed by atoms with Crippen LogP contribution in [0, 0.1) is 5.82 Å². The first-order valence-corrected chi connectivity index (χ1v) is 11.2. The van der Waals surface area contributed by atoms with E-state index in [4.69, 9.17) is 23.8 Å². The number of rotatable bonds is 4. The third-order valence-corrected chi connectivity index (χ3v) is 6.92. The first kappa shape index (κ1) is 21.0. The van der Waals surface area contributed by atoms with E-state index in [1.165, 1.54) is 12.1 Å².